The molecule has 0 radical (unpaired) electrons. The van der Waals surface area contributed by atoms with Crippen LogP contribution in [0.2, 0.25) is 0 Å². The molecule has 0 aliphatic heterocycles. The number of nitrogens with one attached hydrogen (secondary N) is 2. The van der Waals surface area contributed by atoms with Crippen molar-refractivity contribution >= 4 is 18.0 Å². The summed E-state index contributed by atoms with van der Waals surface area (Å²) in [6, 6.07) is 15.3. The van der Waals surface area contributed by atoms with Crippen LogP contribution in [0.1, 0.15) is 69.9 Å². The van der Waals surface area contributed by atoms with Gasteiger partial charge in [-0.2, -0.15) is 0 Å². The van der Waals surface area contributed by atoms with E-state index in [4.69, 9.17) is 4.74 Å². The Morgan fingerprint density at radius 1 is 1.03 bits per heavy atom. The van der Waals surface area contributed by atoms with Crippen LogP contribution in [-0.4, -0.2) is 41.3 Å². The van der Waals surface area contributed by atoms with E-state index in [-0.39, 0.29) is 30.3 Å². The quantitative estimate of drug-likeness (QED) is 0.478. The molecule has 2 aliphatic rings. The number of carbonyl (C=O) groups excluding carboxylic acids is 2. The molecule has 2 amide bonds. The van der Waals surface area contributed by atoms with E-state index in [9.17, 15) is 19.5 Å². The molecule has 2 aromatic carbocycles. The number of fused-ring (bicyclic) bond motifs is 3. The second-order valence-electron chi connectivity index (χ2n) is 11.0. The molecule has 1 unspecified atom stereocenters. The van der Waals surface area contributed by atoms with E-state index < -0.39 is 23.6 Å². The number of ether oxygens (including phenoxy) is 1. The monoisotopic (exact) mass is 478 g/mol. The Kier molecular flexibility index (Phi) is 6.88. The number of carbonyl (C=O) groups is 3. The highest BCUT2D eigenvalue weighted by Gasteiger charge is 2.46. The maximum atomic E-state index is 12.6. The molecule has 35 heavy (non-hydrogen) atoms. The molecule has 186 valence electrons. The van der Waals surface area contributed by atoms with Crippen molar-refractivity contribution in [3.63, 3.8) is 0 Å². The van der Waals surface area contributed by atoms with Crippen molar-refractivity contribution in [3.8, 4) is 11.1 Å². The van der Waals surface area contributed by atoms with Crippen LogP contribution in [0, 0.1) is 5.41 Å². The first-order chi connectivity index (χ1) is 16.6. The summed E-state index contributed by atoms with van der Waals surface area (Å²) in [6.45, 7) is 6.30. The zero-order chi connectivity index (χ0) is 25.2. The largest absolute Gasteiger partial charge is 0.480 e. The fourth-order valence-electron chi connectivity index (χ4n) is 4.74. The van der Waals surface area contributed by atoms with Gasteiger partial charge in [-0.15, -0.1) is 0 Å². The number of carboxylic acids is 1. The highest BCUT2D eigenvalue weighted by atomic mass is 16.5. The summed E-state index contributed by atoms with van der Waals surface area (Å²) in [4.78, 5) is 36.8. The van der Waals surface area contributed by atoms with Crippen LogP contribution >= 0.6 is 0 Å². The van der Waals surface area contributed by atoms with Gasteiger partial charge < -0.3 is 20.5 Å². The number of rotatable bonds is 9. The van der Waals surface area contributed by atoms with Gasteiger partial charge >= 0.3 is 12.1 Å². The molecule has 4 rings (SSSR count). The van der Waals surface area contributed by atoms with Crippen LogP contribution in [0.25, 0.3) is 11.1 Å². The third-order valence-corrected chi connectivity index (χ3v) is 6.88. The van der Waals surface area contributed by atoms with Crippen molar-refractivity contribution in [2.24, 2.45) is 5.41 Å². The molecule has 3 N–H and O–H groups in total. The molecule has 1 atom stereocenters. The van der Waals surface area contributed by atoms with Crippen molar-refractivity contribution in [2.45, 2.75) is 70.4 Å². The molecule has 0 heterocycles. The average molecular weight is 479 g/mol. The lowest BCUT2D eigenvalue weighted by Crippen LogP contribution is -2.46. The predicted molar refractivity (Wildman–Crippen MR) is 133 cm³/mol. The van der Waals surface area contributed by atoms with E-state index in [1.165, 1.54) is 0 Å². The number of hydrogen-bond donors (Lipinski definition) is 3. The molecular weight excluding hydrogens is 444 g/mol. The fourth-order valence-corrected chi connectivity index (χ4v) is 4.74. The number of aliphatic carboxylic acids is 1. The highest BCUT2D eigenvalue weighted by molar-refractivity contribution is 5.85. The molecule has 0 saturated heterocycles. The molecule has 7 nitrogen and oxygen atoms in total. The lowest BCUT2D eigenvalue weighted by molar-refractivity contribution is -0.142. The summed E-state index contributed by atoms with van der Waals surface area (Å²) in [6.07, 6.45) is 1.83. The minimum absolute atomic E-state index is 0.0260. The average Bonchev–Trinajstić information content (AvgIpc) is 3.46. The van der Waals surface area contributed by atoms with E-state index in [1.807, 2.05) is 45.0 Å². The van der Waals surface area contributed by atoms with Gasteiger partial charge in [0, 0.05) is 12.3 Å². The van der Waals surface area contributed by atoms with Crippen molar-refractivity contribution in [3.05, 3.63) is 59.7 Å². The van der Waals surface area contributed by atoms with Gasteiger partial charge in [0.2, 0.25) is 5.91 Å². The van der Waals surface area contributed by atoms with E-state index in [0.717, 1.165) is 22.3 Å². The maximum absolute atomic E-state index is 12.6. The summed E-state index contributed by atoms with van der Waals surface area (Å²) in [5.74, 6) is -1.45. The Morgan fingerprint density at radius 3 is 2.11 bits per heavy atom. The third-order valence-electron chi connectivity index (χ3n) is 6.88. The summed E-state index contributed by atoms with van der Waals surface area (Å²) in [5.41, 5.74) is 3.90. The van der Waals surface area contributed by atoms with Crippen LogP contribution in [0.15, 0.2) is 48.5 Å². The van der Waals surface area contributed by atoms with Crippen LogP contribution in [0.3, 0.4) is 0 Å². The number of amides is 2. The molecule has 1 fully saturated rings. The fraction of sp³-hybridized carbons (Fsp3) is 0.464. The normalized spacial score (nSPS) is 16.5. The van der Waals surface area contributed by atoms with Crippen molar-refractivity contribution in [1.82, 2.24) is 10.6 Å². The first-order valence-electron chi connectivity index (χ1n) is 12.2. The minimum Gasteiger partial charge on any atom is -0.480 e. The van der Waals surface area contributed by atoms with Gasteiger partial charge in [-0.05, 0) is 53.4 Å². The van der Waals surface area contributed by atoms with Crippen molar-refractivity contribution < 1.29 is 24.2 Å². The number of carboxylic acid groups (broad SMARTS) is 1. The second kappa shape index (κ2) is 9.72. The first kappa shape index (κ1) is 24.8. The van der Waals surface area contributed by atoms with Gasteiger partial charge in [0.1, 0.15) is 12.6 Å². The lowest BCUT2D eigenvalue weighted by atomic mass is 9.88. The van der Waals surface area contributed by atoms with Gasteiger partial charge in [-0.25, -0.2) is 9.59 Å². The zero-order valence-electron chi connectivity index (χ0n) is 20.6. The van der Waals surface area contributed by atoms with Gasteiger partial charge in [0.25, 0.3) is 0 Å². The summed E-state index contributed by atoms with van der Waals surface area (Å²) >= 11 is 0. The molecule has 7 heteroatoms. The lowest BCUT2D eigenvalue weighted by Gasteiger charge is -2.23. The molecule has 2 aliphatic carbocycles. The van der Waals surface area contributed by atoms with E-state index in [1.54, 1.807) is 0 Å². The number of benzene rings is 2. The molecule has 2 aromatic rings. The Hall–Kier alpha value is -3.35. The van der Waals surface area contributed by atoms with Crippen molar-refractivity contribution in [1.29, 1.82) is 0 Å². The van der Waals surface area contributed by atoms with Gasteiger partial charge in [0.15, 0.2) is 0 Å². The third kappa shape index (κ3) is 6.02. The molecular formula is C28H34N2O5. The number of hydrogen-bond acceptors (Lipinski definition) is 4. The highest BCUT2D eigenvalue weighted by Crippen LogP contribution is 2.44. The van der Waals surface area contributed by atoms with Crippen LogP contribution in [-0.2, 0) is 14.3 Å². The molecule has 0 spiro atoms. The standard InChI is InChI=1S/C28H34N2O5/c1-27(2,3)13-12-23(25(32)33)29-24(31)16-28(14-15-28)30-26(34)35-17-22-20-10-6-4-8-18(20)19-9-5-7-11-21(19)22/h4-11,22-23H,12-17H2,1-3H3,(H,29,31)(H,30,34)(H,32,33). The summed E-state index contributed by atoms with van der Waals surface area (Å²) < 4.78 is 5.62. The zero-order valence-corrected chi connectivity index (χ0v) is 20.6. The summed E-state index contributed by atoms with van der Waals surface area (Å²) in [7, 11) is 0. The Bertz CT molecular complexity index is 1070. The maximum Gasteiger partial charge on any atom is 0.407 e. The topological polar surface area (TPSA) is 105 Å². The van der Waals surface area contributed by atoms with Crippen LogP contribution in [0.4, 0.5) is 4.79 Å². The Morgan fingerprint density at radius 2 is 1.60 bits per heavy atom. The molecule has 0 aromatic heterocycles. The van der Waals surface area contributed by atoms with E-state index >= 15 is 0 Å². The predicted octanol–water partition coefficient (Wildman–Crippen LogP) is 4.84. The van der Waals surface area contributed by atoms with Gasteiger partial charge in [0.05, 0.1) is 5.54 Å². The first-order valence-corrected chi connectivity index (χ1v) is 12.2. The van der Waals surface area contributed by atoms with E-state index in [0.29, 0.717) is 25.7 Å². The van der Waals surface area contributed by atoms with Gasteiger partial charge in [-0.3, -0.25) is 4.79 Å². The van der Waals surface area contributed by atoms with Gasteiger partial charge in [-0.1, -0.05) is 69.3 Å². The molecule has 1 saturated carbocycles. The SMILES string of the molecule is CC(C)(C)CCC(NC(=O)CC1(NC(=O)OCC2c3ccccc3-c3ccccc32)CC1)C(=O)O. The molecule has 0 bridgehead atoms. The Labute approximate surface area is 206 Å². The van der Waals surface area contributed by atoms with Crippen LogP contribution < -0.4 is 10.6 Å². The smallest absolute Gasteiger partial charge is 0.407 e. The van der Waals surface area contributed by atoms with Crippen molar-refractivity contribution in [2.75, 3.05) is 6.61 Å². The Balaban J connectivity index is 1.31. The van der Waals surface area contributed by atoms with Crippen LogP contribution in [0.5, 0.6) is 0 Å². The summed E-state index contributed by atoms with van der Waals surface area (Å²) in [5, 5.41) is 15.0. The van der Waals surface area contributed by atoms with E-state index in [2.05, 4.69) is 34.9 Å². The number of alkyl carbamates (subject to hydrolysis) is 1. The second-order valence-corrected chi connectivity index (χ2v) is 11.0. The minimum atomic E-state index is -1.04.